The molecule has 1 amide bonds. The maximum absolute atomic E-state index is 12.7. The molecule has 3 atom stereocenters. The number of hydrogen-bond donors (Lipinski definition) is 1. The third kappa shape index (κ3) is 5.34. The Morgan fingerprint density at radius 2 is 1.76 bits per heavy atom. The van der Waals surface area contributed by atoms with Crippen LogP contribution in [-0.4, -0.2) is 24.6 Å². The van der Waals surface area contributed by atoms with Gasteiger partial charge < -0.3 is 14.8 Å². The van der Waals surface area contributed by atoms with Crippen molar-refractivity contribution < 1.29 is 19.1 Å². The van der Waals surface area contributed by atoms with Gasteiger partial charge in [0.1, 0.15) is 5.75 Å². The second-order valence-corrected chi connectivity index (χ2v) is 6.26. The highest BCUT2D eigenvalue weighted by Crippen LogP contribution is 2.29. The summed E-state index contributed by atoms with van der Waals surface area (Å²) >= 11 is 0. The summed E-state index contributed by atoms with van der Waals surface area (Å²) in [6.07, 6.45) is 5.61. The van der Waals surface area contributed by atoms with Gasteiger partial charge in [0.25, 0.3) is 0 Å². The summed E-state index contributed by atoms with van der Waals surface area (Å²) in [6.45, 7) is 6.35. The summed E-state index contributed by atoms with van der Waals surface area (Å²) < 4.78 is 10.8. The SMILES string of the molecule is CCOc1ccc(NC(=O)[C@@H]2CC=CC[C@@H]2C(=O)O[C@H](C)CC)cc1. The van der Waals surface area contributed by atoms with Crippen LogP contribution in [0.2, 0.25) is 0 Å². The molecule has 0 fully saturated rings. The highest BCUT2D eigenvalue weighted by Gasteiger charge is 2.35. The van der Waals surface area contributed by atoms with Crippen LogP contribution in [0.15, 0.2) is 36.4 Å². The van der Waals surface area contributed by atoms with Crippen LogP contribution in [0.5, 0.6) is 5.75 Å². The van der Waals surface area contributed by atoms with Crippen molar-refractivity contribution in [2.24, 2.45) is 11.8 Å². The van der Waals surface area contributed by atoms with Gasteiger partial charge in [0, 0.05) is 5.69 Å². The number of hydrogen-bond acceptors (Lipinski definition) is 4. The fraction of sp³-hybridized carbons (Fsp3) is 0.500. The number of benzene rings is 1. The minimum absolute atomic E-state index is 0.131. The second kappa shape index (κ2) is 9.25. The summed E-state index contributed by atoms with van der Waals surface area (Å²) in [4.78, 5) is 25.1. The third-order valence-electron chi connectivity index (χ3n) is 4.40. The van der Waals surface area contributed by atoms with Crippen LogP contribution in [0, 0.1) is 11.8 Å². The molecule has 1 aliphatic carbocycles. The molecular weight excluding hydrogens is 318 g/mol. The van der Waals surface area contributed by atoms with Crippen LogP contribution in [-0.2, 0) is 14.3 Å². The van der Waals surface area contributed by atoms with Crippen LogP contribution in [0.1, 0.15) is 40.0 Å². The summed E-state index contributed by atoms with van der Waals surface area (Å²) in [5.74, 6) is -0.518. The van der Waals surface area contributed by atoms with Crippen molar-refractivity contribution in [3.8, 4) is 5.75 Å². The molecule has 0 saturated carbocycles. The van der Waals surface area contributed by atoms with Crippen molar-refractivity contribution in [2.45, 2.75) is 46.1 Å². The summed E-state index contributed by atoms with van der Waals surface area (Å²) in [7, 11) is 0. The van der Waals surface area contributed by atoms with E-state index in [2.05, 4.69) is 5.32 Å². The molecule has 0 bridgehead atoms. The van der Waals surface area contributed by atoms with E-state index in [9.17, 15) is 9.59 Å². The van der Waals surface area contributed by atoms with Crippen LogP contribution in [0.25, 0.3) is 0 Å². The van der Waals surface area contributed by atoms with Gasteiger partial charge in [-0.2, -0.15) is 0 Å². The van der Waals surface area contributed by atoms with Crippen LogP contribution in [0.4, 0.5) is 5.69 Å². The fourth-order valence-corrected chi connectivity index (χ4v) is 2.77. The lowest BCUT2D eigenvalue weighted by Gasteiger charge is -2.27. The Morgan fingerprint density at radius 1 is 1.12 bits per heavy atom. The molecule has 0 aliphatic heterocycles. The summed E-state index contributed by atoms with van der Waals surface area (Å²) in [5.41, 5.74) is 0.692. The zero-order valence-corrected chi connectivity index (χ0v) is 15.2. The topological polar surface area (TPSA) is 64.6 Å². The van der Waals surface area contributed by atoms with E-state index in [1.54, 1.807) is 12.1 Å². The van der Waals surface area contributed by atoms with Crippen molar-refractivity contribution >= 4 is 17.6 Å². The Hall–Kier alpha value is -2.30. The van der Waals surface area contributed by atoms with E-state index in [0.717, 1.165) is 12.2 Å². The monoisotopic (exact) mass is 345 g/mol. The molecule has 0 saturated heterocycles. The molecule has 1 aromatic carbocycles. The number of carbonyl (C=O) groups excluding carboxylic acids is 2. The quantitative estimate of drug-likeness (QED) is 0.600. The zero-order chi connectivity index (χ0) is 18.2. The minimum atomic E-state index is -0.429. The maximum atomic E-state index is 12.7. The molecule has 136 valence electrons. The Labute approximate surface area is 149 Å². The molecule has 0 unspecified atom stereocenters. The minimum Gasteiger partial charge on any atom is -0.494 e. The molecule has 1 N–H and O–H groups in total. The predicted octanol–water partition coefficient (Wildman–Crippen LogP) is 3.95. The largest absolute Gasteiger partial charge is 0.494 e. The summed E-state index contributed by atoms with van der Waals surface area (Å²) in [6, 6.07) is 7.23. The average Bonchev–Trinajstić information content (AvgIpc) is 2.63. The Bertz CT molecular complexity index is 609. The normalized spacial score (nSPS) is 20.6. The van der Waals surface area contributed by atoms with Crippen molar-refractivity contribution in [3.63, 3.8) is 0 Å². The number of amides is 1. The molecule has 1 aliphatic rings. The van der Waals surface area contributed by atoms with Gasteiger partial charge in [0.2, 0.25) is 5.91 Å². The molecule has 0 heterocycles. The molecule has 5 nitrogen and oxygen atoms in total. The second-order valence-electron chi connectivity index (χ2n) is 6.26. The number of ether oxygens (including phenoxy) is 2. The highest BCUT2D eigenvalue weighted by molar-refractivity contribution is 5.95. The van der Waals surface area contributed by atoms with Gasteiger partial charge >= 0.3 is 5.97 Å². The number of allylic oxidation sites excluding steroid dienone is 2. The molecule has 1 aromatic rings. The molecular formula is C20H27NO4. The Morgan fingerprint density at radius 3 is 2.36 bits per heavy atom. The lowest BCUT2D eigenvalue weighted by Crippen LogP contribution is -2.36. The van der Waals surface area contributed by atoms with Gasteiger partial charge in [0.05, 0.1) is 24.5 Å². The van der Waals surface area contributed by atoms with Crippen LogP contribution >= 0.6 is 0 Å². The zero-order valence-electron chi connectivity index (χ0n) is 15.2. The number of esters is 1. The first-order valence-electron chi connectivity index (χ1n) is 8.94. The smallest absolute Gasteiger partial charge is 0.310 e. The van der Waals surface area contributed by atoms with Gasteiger partial charge in [-0.05, 0) is 57.4 Å². The van der Waals surface area contributed by atoms with Crippen LogP contribution < -0.4 is 10.1 Å². The molecule has 2 rings (SSSR count). The first-order chi connectivity index (χ1) is 12.0. The lowest BCUT2D eigenvalue weighted by atomic mass is 9.82. The molecule has 0 spiro atoms. The predicted molar refractivity (Wildman–Crippen MR) is 97.4 cm³/mol. The van der Waals surface area contributed by atoms with Gasteiger partial charge in [0.15, 0.2) is 0 Å². The van der Waals surface area contributed by atoms with Gasteiger partial charge in [-0.3, -0.25) is 9.59 Å². The molecule has 5 heteroatoms. The highest BCUT2D eigenvalue weighted by atomic mass is 16.5. The van der Waals surface area contributed by atoms with Gasteiger partial charge in [-0.1, -0.05) is 19.1 Å². The first-order valence-corrected chi connectivity index (χ1v) is 8.94. The molecule has 0 aromatic heterocycles. The lowest BCUT2D eigenvalue weighted by molar-refractivity contribution is -0.157. The van der Waals surface area contributed by atoms with E-state index in [-0.39, 0.29) is 18.0 Å². The van der Waals surface area contributed by atoms with Gasteiger partial charge in [-0.25, -0.2) is 0 Å². The van der Waals surface area contributed by atoms with Crippen LogP contribution in [0.3, 0.4) is 0 Å². The Balaban J connectivity index is 2.02. The van der Waals surface area contributed by atoms with Gasteiger partial charge in [-0.15, -0.1) is 0 Å². The van der Waals surface area contributed by atoms with Crippen molar-refractivity contribution in [1.29, 1.82) is 0 Å². The van der Waals surface area contributed by atoms with Crippen molar-refractivity contribution in [1.82, 2.24) is 0 Å². The summed E-state index contributed by atoms with van der Waals surface area (Å²) in [5, 5.41) is 2.90. The fourth-order valence-electron chi connectivity index (χ4n) is 2.77. The molecule has 0 radical (unpaired) electrons. The van der Waals surface area contributed by atoms with E-state index in [0.29, 0.717) is 25.1 Å². The van der Waals surface area contributed by atoms with E-state index in [4.69, 9.17) is 9.47 Å². The standard InChI is InChI=1S/C20H27NO4/c1-4-14(3)25-20(23)18-9-7-6-8-17(18)19(22)21-15-10-12-16(13-11-15)24-5-2/h6-7,10-14,17-18H,4-5,8-9H2,1-3H3,(H,21,22)/t14-,17-,18+/m1/s1. The Kier molecular flexibility index (Phi) is 7.04. The van der Waals surface area contributed by atoms with E-state index in [1.165, 1.54) is 0 Å². The number of anilines is 1. The number of rotatable bonds is 7. The van der Waals surface area contributed by atoms with E-state index >= 15 is 0 Å². The van der Waals surface area contributed by atoms with Crippen molar-refractivity contribution in [2.75, 3.05) is 11.9 Å². The van der Waals surface area contributed by atoms with Crippen molar-refractivity contribution in [3.05, 3.63) is 36.4 Å². The van der Waals surface area contributed by atoms with E-state index < -0.39 is 11.8 Å². The first kappa shape index (κ1) is 19.0. The average molecular weight is 345 g/mol. The van der Waals surface area contributed by atoms with E-state index in [1.807, 2.05) is 45.1 Å². The number of nitrogens with one attached hydrogen (secondary N) is 1. The maximum Gasteiger partial charge on any atom is 0.310 e. The third-order valence-corrected chi connectivity index (χ3v) is 4.40. The number of carbonyl (C=O) groups is 2. The molecule has 25 heavy (non-hydrogen) atoms.